The fourth-order valence-corrected chi connectivity index (χ4v) is 4.29. The molecule has 4 aromatic rings. The number of rotatable bonds is 5. The van der Waals surface area contributed by atoms with Crippen LogP contribution in [-0.4, -0.2) is 26.8 Å². The molecule has 154 valence electrons. The second kappa shape index (κ2) is 7.71. The van der Waals surface area contributed by atoms with E-state index in [9.17, 15) is 5.26 Å². The molecule has 0 saturated heterocycles. The van der Waals surface area contributed by atoms with E-state index in [2.05, 4.69) is 60.6 Å². The molecule has 2 aromatic carbocycles. The molecular weight excluding hydrogens is 394 g/mol. The highest BCUT2D eigenvalue weighted by Gasteiger charge is 2.27. The first-order chi connectivity index (χ1) is 14.3. The maximum absolute atomic E-state index is 9.23. The van der Waals surface area contributed by atoms with E-state index in [0.717, 1.165) is 44.6 Å². The molecule has 0 aliphatic heterocycles. The molecule has 0 aliphatic carbocycles. The summed E-state index contributed by atoms with van der Waals surface area (Å²) in [6, 6.07) is 11.6. The Morgan fingerprint density at radius 2 is 2.03 bits per heavy atom. The van der Waals surface area contributed by atoms with Gasteiger partial charge in [0.25, 0.3) is 0 Å². The van der Waals surface area contributed by atoms with E-state index in [1.54, 1.807) is 25.1 Å². The van der Waals surface area contributed by atoms with Gasteiger partial charge in [-0.1, -0.05) is 11.9 Å². The molecule has 3 N–H and O–H groups in total. The number of benzene rings is 2. The van der Waals surface area contributed by atoms with E-state index in [4.69, 9.17) is 9.72 Å². The van der Waals surface area contributed by atoms with Crippen LogP contribution in [0.25, 0.3) is 21.9 Å². The second-order valence-corrected chi connectivity index (χ2v) is 9.97. The van der Waals surface area contributed by atoms with Crippen molar-refractivity contribution in [1.82, 2.24) is 19.7 Å². The summed E-state index contributed by atoms with van der Waals surface area (Å²) in [5.74, 6) is 1.59. The minimum Gasteiger partial charge on any atom is -0.496 e. The fraction of sp³-hybridized carbons (Fsp3) is 0.304. The molecule has 1 unspecified atom stereocenters. The van der Waals surface area contributed by atoms with Gasteiger partial charge in [-0.15, -0.1) is 0 Å². The Hall–Kier alpha value is -2.95. The summed E-state index contributed by atoms with van der Waals surface area (Å²) >= 11 is 1.66. The summed E-state index contributed by atoms with van der Waals surface area (Å²) in [5.41, 5.74) is 5.51. The Balaban J connectivity index is 1.92. The highest BCUT2D eigenvalue weighted by atomic mass is 32.2. The predicted molar refractivity (Wildman–Crippen MR) is 123 cm³/mol. The molecule has 2 heterocycles. The van der Waals surface area contributed by atoms with Crippen molar-refractivity contribution in [1.29, 1.82) is 5.26 Å². The van der Waals surface area contributed by atoms with E-state index in [0.29, 0.717) is 5.56 Å². The molecule has 0 bridgehead atoms. The van der Waals surface area contributed by atoms with Crippen molar-refractivity contribution in [3.63, 3.8) is 0 Å². The highest BCUT2D eigenvalue weighted by Crippen LogP contribution is 2.39. The number of methoxy groups -OCH3 is 1. The lowest BCUT2D eigenvalue weighted by Crippen LogP contribution is -2.24. The minimum atomic E-state index is -0.235. The molecule has 0 fully saturated rings. The van der Waals surface area contributed by atoms with E-state index < -0.39 is 0 Å². The van der Waals surface area contributed by atoms with Crippen LogP contribution in [0, 0.1) is 18.3 Å². The number of aromatic amines is 2. The number of nitrogens with one attached hydrogen (secondary N) is 3. The van der Waals surface area contributed by atoms with Crippen molar-refractivity contribution in [3.8, 4) is 11.8 Å². The summed E-state index contributed by atoms with van der Waals surface area (Å²) in [4.78, 5) is 11.6. The van der Waals surface area contributed by atoms with E-state index >= 15 is 0 Å². The van der Waals surface area contributed by atoms with Gasteiger partial charge in [0, 0.05) is 27.4 Å². The van der Waals surface area contributed by atoms with E-state index in [1.807, 2.05) is 18.3 Å². The largest absolute Gasteiger partial charge is 0.496 e. The monoisotopic (exact) mass is 419 g/mol. The lowest BCUT2D eigenvalue weighted by molar-refractivity contribution is 0.407. The van der Waals surface area contributed by atoms with Crippen molar-refractivity contribution in [2.24, 2.45) is 0 Å². The van der Waals surface area contributed by atoms with Gasteiger partial charge in [-0.25, -0.2) is 9.71 Å². The molecule has 30 heavy (non-hydrogen) atoms. The first-order valence-corrected chi connectivity index (χ1v) is 10.6. The molecule has 0 amide bonds. The van der Waals surface area contributed by atoms with Gasteiger partial charge in [-0.05, 0) is 63.6 Å². The number of hydrogen-bond donors (Lipinski definition) is 3. The summed E-state index contributed by atoms with van der Waals surface area (Å²) in [5, 5.41) is 10.3. The van der Waals surface area contributed by atoms with Crippen LogP contribution in [0.2, 0.25) is 0 Å². The maximum atomic E-state index is 9.23. The Bertz CT molecular complexity index is 1260. The predicted octanol–water partition coefficient (Wildman–Crippen LogP) is 5.36. The second-order valence-electron chi connectivity index (χ2n) is 8.31. The molecular formula is C23H25N5OS. The first-order valence-electron chi connectivity index (χ1n) is 9.78. The normalized spacial score (nSPS) is 12.9. The quantitative estimate of drug-likeness (QED) is 0.379. The third-order valence-electron chi connectivity index (χ3n) is 4.94. The topological polar surface area (TPSA) is 89.5 Å². The van der Waals surface area contributed by atoms with Crippen LogP contribution >= 0.6 is 11.9 Å². The van der Waals surface area contributed by atoms with Crippen molar-refractivity contribution in [2.45, 2.75) is 38.5 Å². The number of nitriles is 1. The van der Waals surface area contributed by atoms with Crippen molar-refractivity contribution in [3.05, 3.63) is 59.0 Å². The number of hydrogen-bond acceptors (Lipinski definition) is 5. The van der Waals surface area contributed by atoms with Crippen LogP contribution in [0.4, 0.5) is 0 Å². The third-order valence-corrected chi connectivity index (χ3v) is 5.90. The van der Waals surface area contributed by atoms with Crippen LogP contribution in [-0.2, 0) is 0 Å². The van der Waals surface area contributed by atoms with Crippen LogP contribution < -0.4 is 9.46 Å². The number of ether oxygens (including phenoxy) is 1. The van der Waals surface area contributed by atoms with Crippen LogP contribution in [0.5, 0.6) is 5.75 Å². The Morgan fingerprint density at radius 1 is 1.23 bits per heavy atom. The van der Waals surface area contributed by atoms with Crippen LogP contribution in [0.15, 0.2) is 36.5 Å². The van der Waals surface area contributed by atoms with Crippen LogP contribution in [0.3, 0.4) is 0 Å². The molecule has 0 spiro atoms. The zero-order valence-corrected chi connectivity index (χ0v) is 18.6. The van der Waals surface area contributed by atoms with Gasteiger partial charge in [0.1, 0.15) is 17.6 Å². The van der Waals surface area contributed by atoms with Gasteiger partial charge < -0.3 is 14.7 Å². The lowest BCUT2D eigenvalue weighted by Gasteiger charge is -2.25. The van der Waals surface area contributed by atoms with E-state index in [1.165, 1.54) is 0 Å². The van der Waals surface area contributed by atoms with Crippen molar-refractivity contribution >= 4 is 33.9 Å². The number of nitrogens with zero attached hydrogens (tertiary/aromatic N) is 2. The Morgan fingerprint density at radius 3 is 2.73 bits per heavy atom. The molecule has 0 aliphatic rings. The van der Waals surface area contributed by atoms with Crippen LogP contribution in [0.1, 0.15) is 49.3 Å². The summed E-state index contributed by atoms with van der Waals surface area (Å²) in [6.45, 7) is 8.57. The van der Waals surface area contributed by atoms with Gasteiger partial charge in [0.15, 0.2) is 0 Å². The molecule has 2 aromatic heterocycles. The summed E-state index contributed by atoms with van der Waals surface area (Å²) in [7, 11) is 1.70. The molecule has 0 saturated carbocycles. The van der Waals surface area contributed by atoms with Gasteiger partial charge in [-0.3, -0.25) is 0 Å². The number of fused-ring (bicyclic) bond motifs is 2. The van der Waals surface area contributed by atoms with Gasteiger partial charge in [-0.2, -0.15) is 5.26 Å². The molecule has 7 heteroatoms. The van der Waals surface area contributed by atoms with Crippen molar-refractivity contribution < 1.29 is 4.74 Å². The molecule has 0 radical (unpaired) electrons. The number of imidazole rings is 1. The number of H-pyrrole nitrogens is 2. The Labute approximate surface area is 180 Å². The highest BCUT2D eigenvalue weighted by molar-refractivity contribution is 7.98. The minimum absolute atomic E-state index is 0.00738. The van der Waals surface area contributed by atoms with Crippen molar-refractivity contribution in [2.75, 3.05) is 7.11 Å². The fourth-order valence-electron chi connectivity index (χ4n) is 3.59. The summed E-state index contributed by atoms with van der Waals surface area (Å²) in [6.07, 6.45) is 1.95. The van der Waals surface area contributed by atoms with Gasteiger partial charge in [0.2, 0.25) is 0 Å². The number of aryl methyl sites for hydroxylation is 1. The third kappa shape index (κ3) is 3.76. The zero-order chi connectivity index (χ0) is 21.5. The molecule has 6 nitrogen and oxygen atoms in total. The zero-order valence-electron chi connectivity index (χ0n) is 17.8. The van der Waals surface area contributed by atoms with E-state index in [-0.39, 0.29) is 10.8 Å². The SMILES string of the molecule is COc1cc(C)c2[nH]ccc2c1C(NSC(C)(C)C)c1nc2ccc(C#N)cc2[nH]1. The average molecular weight is 420 g/mol. The van der Waals surface area contributed by atoms with Gasteiger partial charge >= 0.3 is 0 Å². The lowest BCUT2D eigenvalue weighted by atomic mass is 9.98. The smallest absolute Gasteiger partial charge is 0.130 e. The molecule has 4 rings (SSSR count). The summed E-state index contributed by atoms with van der Waals surface area (Å²) < 4.78 is 9.43. The average Bonchev–Trinajstić information content (AvgIpc) is 3.35. The first kappa shape index (κ1) is 20.3. The standard InChI is InChI=1S/C23H25N5OS/c1-13-10-18(29-5)19(15-8-9-25-20(13)15)21(28-30-23(2,3)4)22-26-16-7-6-14(12-24)11-17(16)27-22/h6-11,21,25,28H,1-5H3,(H,26,27). The number of aromatic nitrogens is 3. The Kier molecular flexibility index (Phi) is 5.22. The molecule has 1 atom stereocenters. The van der Waals surface area contributed by atoms with Gasteiger partial charge in [0.05, 0.1) is 29.8 Å². The maximum Gasteiger partial charge on any atom is 0.130 e.